The van der Waals surface area contributed by atoms with E-state index in [2.05, 4.69) is 4.40 Å². The number of ether oxygens (including phenoxy) is 1. The number of hydrogen-bond donors (Lipinski definition) is 0. The first-order chi connectivity index (χ1) is 15.0. The molecule has 0 spiro atoms. The molecule has 3 aliphatic heterocycles. The molecule has 1 fully saturated rings. The van der Waals surface area contributed by atoms with Gasteiger partial charge in [-0.05, 0) is 61.6 Å². The smallest absolute Gasteiger partial charge is 0.285 e. The van der Waals surface area contributed by atoms with Gasteiger partial charge in [0.25, 0.3) is 10.0 Å². The monoisotopic (exact) mass is 439 g/mol. The molecule has 0 aromatic heterocycles. The Bertz CT molecular complexity index is 1180. The van der Waals surface area contributed by atoms with Crippen LogP contribution in [0, 0.1) is 5.92 Å². The van der Waals surface area contributed by atoms with Crippen molar-refractivity contribution in [2.24, 2.45) is 10.3 Å². The number of nitrogens with zero attached hydrogens (tertiary/aromatic N) is 3. The SMILES string of the molecule is COc1ccc2c(c1)CCCN2C(=O)[C@H]1CCCN(C2=NS(=O)(=O)c3ccccc32)C1. The maximum Gasteiger partial charge on any atom is 0.285 e. The molecule has 0 unspecified atom stereocenters. The second-order valence-electron chi connectivity index (χ2n) is 8.26. The van der Waals surface area contributed by atoms with E-state index in [0.717, 1.165) is 42.7 Å². The van der Waals surface area contributed by atoms with Crippen molar-refractivity contribution in [2.75, 3.05) is 31.6 Å². The Morgan fingerprint density at radius 3 is 2.81 bits per heavy atom. The van der Waals surface area contributed by atoms with Gasteiger partial charge in [0.05, 0.1) is 13.0 Å². The summed E-state index contributed by atoms with van der Waals surface area (Å²) in [6.07, 6.45) is 3.46. The predicted octanol–water partition coefficient (Wildman–Crippen LogP) is 2.84. The standard InChI is InChI=1S/C23H25N3O4S/c1-30-18-10-11-20-16(14-18)6-5-13-26(20)23(27)17-7-4-12-25(15-17)22-19-8-2-3-9-21(19)31(28,29)24-22/h2-3,8-11,14,17H,4-7,12-13,15H2,1H3/t17-/m0/s1. The Kier molecular flexibility index (Phi) is 4.97. The molecule has 7 nitrogen and oxygen atoms in total. The first kappa shape index (κ1) is 20.1. The second kappa shape index (κ2) is 7.67. The summed E-state index contributed by atoms with van der Waals surface area (Å²) in [6, 6.07) is 12.8. The van der Waals surface area contributed by atoms with Crippen molar-refractivity contribution in [1.82, 2.24) is 4.90 Å². The average Bonchev–Trinajstić information content (AvgIpc) is 3.09. The van der Waals surface area contributed by atoms with Crippen LogP contribution in [0.5, 0.6) is 5.75 Å². The van der Waals surface area contributed by atoms with Crippen LogP contribution in [0.1, 0.15) is 30.4 Å². The van der Waals surface area contributed by atoms with E-state index in [9.17, 15) is 13.2 Å². The van der Waals surface area contributed by atoms with Crippen LogP contribution in [-0.2, 0) is 21.2 Å². The quantitative estimate of drug-likeness (QED) is 0.719. The number of amidine groups is 1. The first-order valence-corrected chi connectivity index (χ1v) is 12.1. The number of benzene rings is 2. The number of sulfonamides is 1. The van der Waals surface area contributed by atoms with Crippen LogP contribution in [0.2, 0.25) is 0 Å². The Balaban J connectivity index is 1.39. The predicted molar refractivity (Wildman–Crippen MR) is 118 cm³/mol. The van der Waals surface area contributed by atoms with Crippen molar-refractivity contribution in [3.8, 4) is 5.75 Å². The fourth-order valence-corrected chi connectivity index (χ4v) is 6.07. The molecule has 1 atom stereocenters. The van der Waals surface area contributed by atoms with Gasteiger partial charge in [0, 0.05) is 30.9 Å². The topological polar surface area (TPSA) is 79.3 Å². The fourth-order valence-electron chi connectivity index (χ4n) is 4.84. The first-order valence-electron chi connectivity index (χ1n) is 10.7. The van der Waals surface area contributed by atoms with E-state index in [0.29, 0.717) is 31.0 Å². The zero-order valence-corrected chi connectivity index (χ0v) is 18.3. The molecule has 0 saturated carbocycles. The molecular formula is C23H25N3O4S. The van der Waals surface area contributed by atoms with Crippen molar-refractivity contribution in [2.45, 2.75) is 30.6 Å². The fraction of sp³-hybridized carbons (Fsp3) is 0.391. The molecule has 162 valence electrons. The van der Waals surface area contributed by atoms with Gasteiger partial charge in [0.15, 0.2) is 5.84 Å². The van der Waals surface area contributed by atoms with Crippen molar-refractivity contribution in [1.29, 1.82) is 0 Å². The van der Waals surface area contributed by atoms with Crippen LogP contribution >= 0.6 is 0 Å². The maximum atomic E-state index is 13.5. The van der Waals surface area contributed by atoms with E-state index in [1.165, 1.54) is 0 Å². The van der Waals surface area contributed by atoms with E-state index in [1.807, 2.05) is 34.1 Å². The molecule has 1 saturated heterocycles. The van der Waals surface area contributed by atoms with Gasteiger partial charge in [-0.15, -0.1) is 4.40 Å². The molecular weight excluding hydrogens is 414 g/mol. The molecule has 0 bridgehead atoms. The summed E-state index contributed by atoms with van der Waals surface area (Å²) < 4.78 is 34.3. The van der Waals surface area contributed by atoms with E-state index in [-0.39, 0.29) is 16.7 Å². The Morgan fingerprint density at radius 1 is 1.13 bits per heavy atom. The molecule has 3 aliphatic rings. The van der Waals surface area contributed by atoms with E-state index in [4.69, 9.17) is 4.74 Å². The number of carbonyl (C=O) groups is 1. The van der Waals surface area contributed by atoms with Crippen molar-refractivity contribution < 1.29 is 17.9 Å². The number of hydrogen-bond acceptors (Lipinski definition) is 5. The highest BCUT2D eigenvalue weighted by Crippen LogP contribution is 2.34. The van der Waals surface area contributed by atoms with Gasteiger partial charge in [-0.3, -0.25) is 4.79 Å². The molecule has 2 aromatic carbocycles. The average molecular weight is 440 g/mol. The summed E-state index contributed by atoms with van der Waals surface area (Å²) in [4.78, 5) is 17.6. The molecule has 5 rings (SSSR count). The van der Waals surface area contributed by atoms with Crippen LogP contribution in [0.3, 0.4) is 0 Å². The molecule has 0 radical (unpaired) electrons. The van der Waals surface area contributed by atoms with Gasteiger partial charge in [-0.2, -0.15) is 8.42 Å². The van der Waals surface area contributed by atoms with Gasteiger partial charge < -0.3 is 14.5 Å². The number of anilines is 1. The Labute approximate surface area is 182 Å². The van der Waals surface area contributed by atoms with Crippen LogP contribution in [0.15, 0.2) is 51.8 Å². The van der Waals surface area contributed by atoms with Crippen molar-refractivity contribution in [3.05, 3.63) is 53.6 Å². The van der Waals surface area contributed by atoms with E-state index in [1.54, 1.807) is 25.3 Å². The highest BCUT2D eigenvalue weighted by Gasteiger charge is 2.37. The molecule has 2 aromatic rings. The number of amides is 1. The number of fused-ring (bicyclic) bond motifs is 2. The molecule has 1 amide bonds. The molecule has 0 aliphatic carbocycles. The Morgan fingerprint density at radius 2 is 1.97 bits per heavy atom. The summed E-state index contributed by atoms with van der Waals surface area (Å²) in [7, 11) is -2.02. The van der Waals surface area contributed by atoms with Gasteiger partial charge in [0.2, 0.25) is 5.91 Å². The summed E-state index contributed by atoms with van der Waals surface area (Å²) in [5, 5.41) is 0. The zero-order chi connectivity index (χ0) is 21.6. The van der Waals surface area contributed by atoms with Gasteiger partial charge in [-0.1, -0.05) is 12.1 Å². The lowest BCUT2D eigenvalue weighted by atomic mass is 9.93. The number of piperidine rings is 1. The van der Waals surface area contributed by atoms with Gasteiger partial charge in [-0.25, -0.2) is 0 Å². The van der Waals surface area contributed by atoms with Gasteiger partial charge >= 0.3 is 0 Å². The maximum absolute atomic E-state index is 13.5. The molecule has 8 heteroatoms. The summed E-state index contributed by atoms with van der Waals surface area (Å²) in [5.41, 5.74) is 2.72. The van der Waals surface area contributed by atoms with Crippen molar-refractivity contribution in [3.63, 3.8) is 0 Å². The van der Waals surface area contributed by atoms with E-state index >= 15 is 0 Å². The largest absolute Gasteiger partial charge is 0.497 e. The highest BCUT2D eigenvalue weighted by molar-refractivity contribution is 7.90. The lowest BCUT2D eigenvalue weighted by Crippen LogP contribution is -2.48. The van der Waals surface area contributed by atoms with Gasteiger partial charge in [0.1, 0.15) is 10.6 Å². The zero-order valence-electron chi connectivity index (χ0n) is 17.5. The Hall–Kier alpha value is -2.87. The van der Waals surface area contributed by atoms with Crippen molar-refractivity contribution >= 4 is 27.5 Å². The minimum absolute atomic E-state index is 0.102. The normalized spacial score (nSPS) is 21.8. The van der Waals surface area contributed by atoms with Crippen LogP contribution < -0.4 is 9.64 Å². The molecule has 3 heterocycles. The minimum atomic E-state index is -3.67. The third kappa shape index (κ3) is 3.48. The van der Waals surface area contributed by atoms with E-state index < -0.39 is 10.0 Å². The van der Waals surface area contributed by atoms with Crippen LogP contribution in [0.25, 0.3) is 0 Å². The molecule has 0 N–H and O–H groups in total. The second-order valence-corrected chi connectivity index (χ2v) is 9.83. The number of likely N-dealkylation sites (tertiary alicyclic amines) is 1. The summed E-state index contributed by atoms with van der Waals surface area (Å²) in [6.45, 7) is 1.87. The number of methoxy groups -OCH3 is 1. The number of carbonyl (C=O) groups excluding carboxylic acids is 1. The third-order valence-corrected chi connectivity index (χ3v) is 7.68. The lowest BCUT2D eigenvalue weighted by Gasteiger charge is -2.37. The minimum Gasteiger partial charge on any atom is -0.497 e. The molecule has 31 heavy (non-hydrogen) atoms. The summed E-state index contributed by atoms with van der Waals surface area (Å²) in [5.74, 6) is 1.18. The third-order valence-electron chi connectivity index (χ3n) is 6.35. The number of aryl methyl sites for hydroxylation is 1. The number of rotatable bonds is 2. The van der Waals surface area contributed by atoms with Crippen LogP contribution in [0.4, 0.5) is 5.69 Å². The van der Waals surface area contributed by atoms with Crippen LogP contribution in [-0.4, -0.2) is 51.8 Å². The highest BCUT2D eigenvalue weighted by atomic mass is 32.2. The summed E-state index contributed by atoms with van der Waals surface area (Å²) >= 11 is 0. The lowest BCUT2D eigenvalue weighted by molar-refractivity contribution is -0.123.